The molecule has 0 bridgehead atoms. The van der Waals surface area contributed by atoms with Gasteiger partial charge in [-0.15, -0.1) is 0 Å². The van der Waals surface area contributed by atoms with Crippen molar-refractivity contribution in [3.63, 3.8) is 0 Å². The number of benzene rings is 3. The molecule has 0 fully saturated rings. The molecule has 0 aliphatic carbocycles. The van der Waals surface area contributed by atoms with Crippen LogP contribution in [0.25, 0.3) is 11.1 Å². The van der Waals surface area contributed by atoms with Crippen LogP contribution in [-0.2, 0) is 0 Å². The Labute approximate surface area is 147 Å². The molecule has 0 atom stereocenters. The van der Waals surface area contributed by atoms with Crippen LogP contribution in [0, 0.1) is 17.5 Å². The first kappa shape index (κ1) is 17.2. The smallest absolute Gasteiger partial charge is 0.148 e. The summed E-state index contributed by atoms with van der Waals surface area (Å²) in [6.45, 7) is 0. The molecule has 0 saturated carbocycles. The van der Waals surface area contributed by atoms with Crippen LogP contribution >= 0.6 is 11.6 Å². The molecule has 2 nitrogen and oxygen atoms in total. The quantitative estimate of drug-likeness (QED) is 0.626. The van der Waals surface area contributed by atoms with E-state index in [1.54, 1.807) is 12.1 Å². The molecule has 0 radical (unpaired) electrons. The highest BCUT2D eigenvalue weighted by Crippen LogP contribution is 2.40. The van der Waals surface area contributed by atoms with Crippen molar-refractivity contribution in [1.29, 1.82) is 0 Å². The maximum atomic E-state index is 14.3. The Balaban J connectivity index is 2.12. The van der Waals surface area contributed by atoms with E-state index in [1.807, 2.05) is 0 Å². The van der Waals surface area contributed by atoms with E-state index in [0.717, 1.165) is 12.1 Å². The lowest BCUT2D eigenvalue weighted by Crippen LogP contribution is -2.13. The van der Waals surface area contributed by atoms with Gasteiger partial charge in [-0.25, -0.2) is 13.2 Å². The van der Waals surface area contributed by atoms with Crippen LogP contribution in [0.1, 0.15) is 0 Å². The Morgan fingerprint density at radius 2 is 1.56 bits per heavy atom. The highest BCUT2D eigenvalue weighted by atomic mass is 35.5. The number of rotatable bonds is 3. The normalized spacial score (nSPS) is 10.8. The fourth-order valence-corrected chi connectivity index (χ4v) is 2.86. The van der Waals surface area contributed by atoms with Gasteiger partial charge in [0.1, 0.15) is 28.2 Å². The zero-order valence-electron chi connectivity index (χ0n) is 13.1. The zero-order valence-corrected chi connectivity index (χ0v) is 13.9. The molecule has 0 aliphatic rings. The number of hydrogen-bond acceptors (Lipinski definition) is 2. The van der Waals surface area contributed by atoms with Crippen molar-refractivity contribution in [3.05, 3.63) is 77.1 Å². The topological polar surface area (TPSA) is 23.5 Å². The van der Waals surface area contributed by atoms with Gasteiger partial charge in [0, 0.05) is 7.05 Å². The predicted octanol–water partition coefficient (Wildman–Crippen LogP) is 5.90. The first-order chi connectivity index (χ1) is 11.9. The second-order valence-corrected chi connectivity index (χ2v) is 5.84. The molecule has 0 aromatic heterocycles. The number of aromatic hydroxyl groups is 1. The van der Waals surface area contributed by atoms with Gasteiger partial charge in [0.05, 0.1) is 11.4 Å². The number of nitrogens with zero attached hydrogens (tertiary/aromatic N) is 1. The van der Waals surface area contributed by atoms with Crippen molar-refractivity contribution in [2.75, 3.05) is 11.9 Å². The molecule has 0 amide bonds. The van der Waals surface area contributed by atoms with Gasteiger partial charge >= 0.3 is 0 Å². The molecule has 0 saturated heterocycles. The monoisotopic (exact) mass is 363 g/mol. The lowest BCUT2D eigenvalue weighted by atomic mass is 10.0. The van der Waals surface area contributed by atoms with Gasteiger partial charge in [-0.1, -0.05) is 29.8 Å². The maximum absolute atomic E-state index is 14.3. The van der Waals surface area contributed by atoms with Crippen LogP contribution in [-0.4, -0.2) is 12.2 Å². The second kappa shape index (κ2) is 6.69. The molecule has 0 heterocycles. The lowest BCUT2D eigenvalue weighted by molar-refractivity contribution is 0.473. The predicted molar refractivity (Wildman–Crippen MR) is 92.9 cm³/mol. The van der Waals surface area contributed by atoms with Crippen LogP contribution < -0.4 is 4.90 Å². The summed E-state index contributed by atoms with van der Waals surface area (Å²) in [6, 6.07) is 12.2. The summed E-state index contributed by atoms with van der Waals surface area (Å²) in [7, 11) is 1.43. The highest BCUT2D eigenvalue weighted by Gasteiger charge is 2.19. The van der Waals surface area contributed by atoms with Gasteiger partial charge in [0.2, 0.25) is 0 Å². The summed E-state index contributed by atoms with van der Waals surface area (Å²) in [5, 5.41) is 9.47. The first-order valence-corrected chi connectivity index (χ1v) is 7.72. The number of phenols is 1. The van der Waals surface area contributed by atoms with Gasteiger partial charge in [0.15, 0.2) is 0 Å². The van der Waals surface area contributed by atoms with Crippen molar-refractivity contribution in [2.45, 2.75) is 0 Å². The number of halogens is 4. The van der Waals surface area contributed by atoms with Crippen LogP contribution in [0.4, 0.5) is 24.5 Å². The standard InChI is InChI=1S/C19H13ClF3NO/c1-24(19-15(23)7-8-17(25)18(19)20)16-10-12(5-6-14(16)22)11-3-2-4-13(21)9-11/h2-10,25H,1H3. The van der Waals surface area contributed by atoms with Gasteiger partial charge in [-0.2, -0.15) is 0 Å². The fraction of sp³-hybridized carbons (Fsp3) is 0.0526. The number of hydrogen-bond donors (Lipinski definition) is 1. The van der Waals surface area contributed by atoms with E-state index in [2.05, 4.69) is 0 Å². The van der Waals surface area contributed by atoms with Gasteiger partial charge < -0.3 is 10.0 Å². The van der Waals surface area contributed by atoms with Gasteiger partial charge in [0.25, 0.3) is 0 Å². The lowest BCUT2D eigenvalue weighted by Gasteiger charge is -2.23. The van der Waals surface area contributed by atoms with Crippen LogP contribution in [0.5, 0.6) is 5.75 Å². The summed E-state index contributed by atoms with van der Waals surface area (Å²) in [5.41, 5.74) is 0.988. The Bertz CT molecular complexity index is 946. The van der Waals surface area contributed by atoms with Crippen LogP contribution in [0.2, 0.25) is 5.02 Å². The largest absolute Gasteiger partial charge is 0.506 e. The highest BCUT2D eigenvalue weighted by molar-refractivity contribution is 6.34. The van der Waals surface area contributed by atoms with E-state index in [-0.39, 0.29) is 22.1 Å². The van der Waals surface area contributed by atoms with E-state index >= 15 is 0 Å². The maximum Gasteiger partial charge on any atom is 0.148 e. The van der Waals surface area contributed by atoms with Crippen molar-refractivity contribution in [2.24, 2.45) is 0 Å². The minimum Gasteiger partial charge on any atom is -0.506 e. The van der Waals surface area contributed by atoms with Crippen molar-refractivity contribution >= 4 is 23.0 Å². The summed E-state index contributed by atoms with van der Waals surface area (Å²) in [4.78, 5) is 1.20. The van der Waals surface area contributed by atoms with Crippen LogP contribution in [0.15, 0.2) is 54.6 Å². The minimum absolute atomic E-state index is 0.0353. The second-order valence-electron chi connectivity index (χ2n) is 5.46. The van der Waals surface area contributed by atoms with E-state index in [1.165, 1.54) is 42.3 Å². The molecule has 3 aromatic rings. The Kier molecular flexibility index (Phi) is 4.59. The molecule has 3 rings (SSSR count). The average molecular weight is 364 g/mol. The Morgan fingerprint density at radius 3 is 2.28 bits per heavy atom. The zero-order chi connectivity index (χ0) is 18.1. The molecular weight excluding hydrogens is 351 g/mol. The molecule has 25 heavy (non-hydrogen) atoms. The SMILES string of the molecule is CN(c1cc(-c2cccc(F)c2)ccc1F)c1c(F)ccc(O)c1Cl. The molecule has 0 spiro atoms. The minimum atomic E-state index is -0.708. The summed E-state index contributed by atoms with van der Waals surface area (Å²) in [5.74, 6) is -2.05. The van der Waals surface area contributed by atoms with Crippen LogP contribution in [0.3, 0.4) is 0 Å². The molecule has 3 aromatic carbocycles. The Morgan fingerprint density at radius 1 is 0.880 bits per heavy atom. The van der Waals surface area contributed by atoms with E-state index in [0.29, 0.717) is 11.1 Å². The van der Waals surface area contributed by atoms with Gasteiger partial charge in [-0.3, -0.25) is 0 Å². The third-order valence-electron chi connectivity index (χ3n) is 3.85. The first-order valence-electron chi connectivity index (χ1n) is 7.34. The van der Waals surface area contributed by atoms with E-state index in [9.17, 15) is 18.3 Å². The molecule has 128 valence electrons. The molecule has 0 unspecified atom stereocenters. The summed E-state index contributed by atoms with van der Waals surface area (Å²) >= 11 is 5.97. The summed E-state index contributed by atoms with van der Waals surface area (Å²) < 4.78 is 41.9. The molecule has 1 N–H and O–H groups in total. The third kappa shape index (κ3) is 3.28. The van der Waals surface area contributed by atoms with E-state index < -0.39 is 17.5 Å². The van der Waals surface area contributed by atoms with Crippen molar-refractivity contribution in [1.82, 2.24) is 0 Å². The third-order valence-corrected chi connectivity index (χ3v) is 4.22. The number of phenolic OH excluding ortho intramolecular Hbond substituents is 1. The molecular formula is C19H13ClF3NO. The molecule has 0 aliphatic heterocycles. The van der Waals surface area contributed by atoms with Crippen molar-refractivity contribution in [3.8, 4) is 16.9 Å². The van der Waals surface area contributed by atoms with Crippen molar-refractivity contribution < 1.29 is 18.3 Å². The van der Waals surface area contributed by atoms with Gasteiger partial charge in [-0.05, 0) is 47.5 Å². The summed E-state index contributed by atoms with van der Waals surface area (Å²) in [6.07, 6.45) is 0. The fourth-order valence-electron chi connectivity index (χ4n) is 2.58. The van der Waals surface area contributed by atoms with E-state index in [4.69, 9.17) is 11.6 Å². The number of anilines is 2. The average Bonchev–Trinajstić information content (AvgIpc) is 2.59. The Hall–Kier alpha value is -2.66. The molecule has 6 heteroatoms.